The van der Waals surface area contributed by atoms with E-state index in [2.05, 4.69) is 25.6 Å². The summed E-state index contributed by atoms with van der Waals surface area (Å²) in [5, 5.41) is 11.4. The largest absolute Gasteiger partial charge is 0.361 e. The van der Waals surface area contributed by atoms with E-state index >= 15 is 0 Å². The summed E-state index contributed by atoms with van der Waals surface area (Å²) in [6.07, 6.45) is 1.83. The highest BCUT2D eigenvalue weighted by Crippen LogP contribution is 2.16. The average Bonchev–Trinajstić information content (AvgIpc) is 3.31. The standard InChI is InChI=1S/C16H13N5O3/c1-9-6-13(20-23-9)15-19-14(24-21-15)8-18-16(22)11-3-2-10-4-5-17-12(10)7-11/h2-7,17H,8H2,1H3,(H,18,22). The summed E-state index contributed by atoms with van der Waals surface area (Å²) in [5.41, 5.74) is 1.95. The van der Waals surface area contributed by atoms with Crippen LogP contribution in [0.3, 0.4) is 0 Å². The van der Waals surface area contributed by atoms with Crippen molar-refractivity contribution in [1.29, 1.82) is 0 Å². The quantitative estimate of drug-likeness (QED) is 0.597. The Morgan fingerprint density at radius 2 is 2.12 bits per heavy atom. The summed E-state index contributed by atoms with van der Waals surface area (Å²) in [4.78, 5) is 19.5. The van der Waals surface area contributed by atoms with Crippen LogP contribution in [0, 0.1) is 6.92 Å². The Bertz CT molecular complexity index is 1010. The van der Waals surface area contributed by atoms with Crippen LogP contribution in [0.5, 0.6) is 0 Å². The Balaban J connectivity index is 1.44. The lowest BCUT2D eigenvalue weighted by atomic mass is 10.1. The van der Waals surface area contributed by atoms with Crippen molar-refractivity contribution in [3.63, 3.8) is 0 Å². The van der Waals surface area contributed by atoms with E-state index in [-0.39, 0.29) is 12.5 Å². The smallest absolute Gasteiger partial charge is 0.251 e. The maximum absolute atomic E-state index is 12.2. The molecule has 0 unspecified atom stereocenters. The van der Waals surface area contributed by atoms with Gasteiger partial charge in [-0.15, -0.1) is 0 Å². The lowest BCUT2D eigenvalue weighted by Gasteiger charge is -2.02. The van der Waals surface area contributed by atoms with E-state index in [0.29, 0.717) is 28.7 Å². The van der Waals surface area contributed by atoms with Crippen molar-refractivity contribution in [2.45, 2.75) is 13.5 Å². The van der Waals surface area contributed by atoms with Gasteiger partial charge in [-0.25, -0.2) is 0 Å². The van der Waals surface area contributed by atoms with Crippen LogP contribution in [-0.4, -0.2) is 26.2 Å². The molecule has 0 saturated carbocycles. The van der Waals surface area contributed by atoms with Crippen LogP contribution in [0.1, 0.15) is 22.0 Å². The highest BCUT2D eigenvalue weighted by Gasteiger charge is 2.14. The Morgan fingerprint density at radius 1 is 1.21 bits per heavy atom. The second-order valence-corrected chi connectivity index (χ2v) is 5.30. The summed E-state index contributed by atoms with van der Waals surface area (Å²) >= 11 is 0. The minimum Gasteiger partial charge on any atom is -0.361 e. The van der Waals surface area contributed by atoms with Crippen LogP contribution < -0.4 is 5.32 Å². The SMILES string of the molecule is Cc1cc(-c2noc(CNC(=O)c3ccc4cc[nH]c4c3)n2)no1. The number of aryl methyl sites for hydroxylation is 1. The first-order valence-electron chi connectivity index (χ1n) is 7.31. The van der Waals surface area contributed by atoms with E-state index in [0.717, 1.165) is 10.9 Å². The molecule has 0 atom stereocenters. The van der Waals surface area contributed by atoms with Gasteiger partial charge in [0.2, 0.25) is 11.7 Å². The number of H-pyrrole nitrogens is 1. The number of benzene rings is 1. The van der Waals surface area contributed by atoms with Gasteiger partial charge in [0.25, 0.3) is 5.91 Å². The third kappa shape index (κ3) is 2.65. The summed E-state index contributed by atoms with van der Waals surface area (Å²) in [5.74, 6) is 1.05. The summed E-state index contributed by atoms with van der Waals surface area (Å²) < 4.78 is 10.1. The van der Waals surface area contributed by atoms with Crippen LogP contribution in [0.15, 0.2) is 45.6 Å². The van der Waals surface area contributed by atoms with Gasteiger partial charge in [0.1, 0.15) is 5.76 Å². The lowest BCUT2D eigenvalue weighted by Crippen LogP contribution is -2.22. The Hall–Kier alpha value is -3.42. The highest BCUT2D eigenvalue weighted by atomic mass is 16.5. The van der Waals surface area contributed by atoms with E-state index in [1.807, 2.05) is 18.3 Å². The van der Waals surface area contributed by atoms with Gasteiger partial charge < -0.3 is 19.3 Å². The number of aromatic amines is 1. The van der Waals surface area contributed by atoms with E-state index in [4.69, 9.17) is 9.05 Å². The van der Waals surface area contributed by atoms with Gasteiger partial charge in [-0.3, -0.25) is 4.79 Å². The molecule has 24 heavy (non-hydrogen) atoms. The molecule has 0 aliphatic carbocycles. The summed E-state index contributed by atoms with van der Waals surface area (Å²) in [6.45, 7) is 1.91. The van der Waals surface area contributed by atoms with Crippen LogP contribution in [-0.2, 0) is 6.54 Å². The van der Waals surface area contributed by atoms with Crippen LogP contribution in [0.25, 0.3) is 22.4 Å². The molecule has 0 aliphatic rings. The molecular weight excluding hydrogens is 310 g/mol. The van der Waals surface area contributed by atoms with E-state index in [1.165, 1.54) is 0 Å². The Morgan fingerprint density at radius 3 is 2.96 bits per heavy atom. The van der Waals surface area contributed by atoms with E-state index in [1.54, 1.807) is 25.1 Å². The number of hydrogen-bond acceptors (Lipinski definition) is 6. The molecule has 1 aromatic carbocycles. The number of carbonyl (C=O) groups excluding carboxylic acids is 1. The molecule has 0 saturated heterocycles. The van der Waals surface area contributed by atoms with Crippen molar-refractivity contribution in [3.05, 3.63) is 53.7 Å². The molecule has 4 rings (SSSR count). The van der Waals surface area contributed by atoms with Gasteiger partial charge in [-0.05, 0) is 30.5 Å². The molecule has 1 amide bonds. The number of nitrogens with one attached hydrogen (secondary N) is 2. The van der Waals surface area contributed by atoms with Crippen molar-refractivity contribution in [1.82, 2.24) is 25.6 Å². The first-order chi connectivity index (χ1) is 11.7. The van der Waals surface area contributed by atoms with Crippen molar-refractivity contribution in [3.8, 4) is 11.5 Å². The van der Waals surface area contributed by atoms with Crippen LogP contribution >= 0.6 is 0 Å². The molecule has 4 aromatic rings. The lowest BCUT2D eigenvalue weighted by molar-refractivity contribution is 0.0946. The first-order valence-corrected chi connectivity index (χ1v) is 7.31. The molecule has 0 bridgehead atoms. The number of aromatic nitrogens is 4. The molecule has 0 radical (unpaired) electrons. The average molecular weight is 323 g/mol. The van der Waals surface area contributed by atoms with Crippen LogP contribution in [0.2, 0.25) is 0 Å². The van der Waals surface area contributed by atoms with Gasteiger partial charge in [-0.2, -0.15) is 4.98 Å². The Kier molecular flexibility index (Phi) is 3.34. The Labute approximate surface area is 135 Å². The zero-order valence-corrected chi connectivity index (χ0v) is 12.7. The van der Waals surface area contributed by atoms with Gasteiger partial charge in [-0.1, -0.05) is 16.4 Å². The molecule has 2 N–H and O–H groups in total. The van der Waals surface area contributed by atoms with Gasteiger partial charge in [0, 0.05) is 23.3 Å². The normalized spacial score (nSPS) is 11.0. The fraction of sp³-hybridized carbons (Fsp3) is 0.125. The number of amides is 1. The van der Waals surface area contributed by atoms with E-state index < -0.39 is 0 Å². The van der Waals surface area contributed by atoms with Crippen molar-refractivity contribution in [2.24, 2.45) is 0 Å². The van der Waals surface area contributed by atoms with Crippen molar-refractivity contribution >= 4 is 16.8 Å². The fourth-order valence-electron chi connectivity index (χ4n) is 2.35. The number of fused-ring (bicyclic) bond motifs is 1. The molecule has 120 valence electrons. The fourth-order valence-corrected chi connectivity index (χ4v) is 2.35. The summed E-state index contributed by atoms with van der Waals surface area (Å²) in [7, 11) is 0. The minimum atomic E-state index is -0.219. The molecule has 3 aromatic heterocycles. The monoisotopic (exact) mass is 323 g/mol. The predicted octanol–water partition coefficient (Wildman–Crippen LogP) is 2.44. The highest BCUT2D eigenvalue weighted by molar-refractivity contribution is 5.97. The van der Waals surface area contributed by atoms with Gasteiger partial charge >= 0.3 is 0 Å². The summed E-state index contributed by atoms with van der Waals surface area (Å²) in [6, 6.07) is 9.10. The van der Waals surface area contributed by atoms with Crippen LogP contribution in [0.4, 0.5) is 0 Å². The zero-order chi connectivity index (χ0) is 16.5. The molecule has 0 fully saturated rings. The zero-order valence-electron chi connectivity index (χ0n) is 12.7. The van der Waals surface area contributed by atoms with Gasteiger partial charge in [0.05, 0.1) is 6.54 Å². The second-order valence-electron chi connectivity index (χ2n) is 5.30. The van der Waals surface area contributed by atoms with Gasteiger partial charge in [0.15, 0.2) is 5.69 Å². The maximum Gasteiger partial charge on any atom is 0.251 e. The molecular formula is C16H13N5O3. The number of carbonyl (C=O) groups is 1. The van der Waals surface area contributed by atoms with Crippen molar-refractivity contribution in [2.75, 3.05) is 0 Å². The molecule has 0 aliphatic heterocycles. The van der Waals surface area contributed by atoms with E-state index in [9.17, 15) is 4.79 Å². The second kappa shape index (κ2) is 5.65. The number of rotatable bonds is 4. The molecule has 8 heteroatoms. The third-order valence-electron chi connectivity index (χ3n) is 3.54. The third-order valence-corrected chi connectivity index (χ3v) is 3.54. The maximum atomic E-state index is 12.2. The number of nitrogens with zero attached hydrogens (tertiary/aromatic N) is 3. The topological polar surface area (TPSA) is 110 Å². The molecule has 3 heterocycles. The number of hydrogen-bond donors (Lipinski definition) is 2. The first kappa shape index (κ1) is 14.2. The van der Waals surface area contributed by atoms with Crippen molar-refractivity contribution < 1.29 is 13.8 Å². The minimum absolute atomic E-state index is 0.130. The molecule has 8 nitrogen and oxygen atoms in total. The molecule has 0 spiro atoms. The predicted molar refractivity (Wildman–Crippen MR) is 84.0 cm³/mol.